The van der Waals surface area contributed by atoms with Gasteiger partial charge in [0.1, 0.15) is 17.0 Å². The Morgan fingerprint density at radius 1 is 1.07 bits per heavy atom. The van der Waals surface area contributed by atoms with Gasteiger partial charge in [-0.2, -0.15) is 0 Å². The number of aromatic nitrogens is 3. The highest BCUT2D eigenvalue weighted by atomic mass is 79.9. The zero-order valence-electron chi connectivity index (χ0n) is 14.8. The van der Waals surface area contributed by atoms with Crippen molar-refractivity contribution in [1.29, 1.82) is 0 Å². The second-order valence-corrected chi connectivity index (χ2v) is 7.21. The lowest BCUT2D eigenvalue weighted by Crippen LogP contribution is -2.49. The van der Waals surface area contributed by atoms with E-state index < -0.39 is 0 Å². The molecule has 1 saturated heterocycles. The highest BCUT2D eigenvalue weighted by Crippen LogP contribution is 2.28. The van der Waals surface area contributed by atoms with Crippen molar-refractivity contribution >= 4 is 27.8 Å². The van der Waals surface area contributed by atoms with Gasteiger partial charge in [-0.3, -0.25) is 4.79 Å². The first-order chi connectivity index (χ1) is 13.1. The van der Waals surface area contributed by atoms with E-state index in [0.717, 1.165) is 10.0 Å². The molecule has 0 radical (unpaired) electrons. The number of halogens is 1. The lowest BCUT2D eigenvalue weighted by molar-refractivity contribution is 0.0745. The van der Waals surface area contributed by atoms with Gasteiger partial charge in [0.05, 0.1) is 0 Å². The molecule has 1 aliphatic rings. The average molecular weight is 428 g/mol. The van der Waals surface area contributed by atoms with E-state index in [4.69, 9.17) is 4.52 Å². The van der Waals surface area contributed by atoms with Crippen molar-refractivity contribution in [3.05, 3.63) is 58.5 Å². The van der Waals surface area contributed by atoms with Crippen LogP contribution in [0.15, 0.2) is 51.7 Å². The molecule has 138 valence electrons. The summed E-state index contributed by atoms with van der Waals surface area (Å²) < 4.78 is 6.31. The number of rotatable bonds is 3. The zero-order valence-corrected chi connectivity index (χ0v) is 16.4. The van der Waals surface area contributed by atoms with Crippen LogP contribution in [-0.2, 0) is 0 Å². The SMILES string of the molecule is Cc1onc(-c2ccc(Br)cc2)c1C(=O)N1CCN(c2ncccn2)CC1. The molecule has 0 atom stereocenters. The summed E-state index contributed by atoms with van der Waals surface area (Å²) in [4.78, 5) is 25.6. The number of piperazine rings is 1. The van der Waals surface area contributed by atoms with E-state index in [-0.39, 0.29) is 5.91 Å². The van der Waals surface area contributed by atoms with Crippen LogP contribution in [0.4, 0.5) is 5.95 Å². The second-order valence-electron chi connectivity index (χ2n) is 6.30. The first kappa shape index (κ1) is 17.7. The molecule has 8 heteroatoms. The molecule has 3 heterocycles. The number of hydrogen-bond donors (Lipinski definition) is 0. The fourth-order valence-corrected chi connectivity index (χ4v) is 3.42. The summed E-state index contributed by atoms with van der Waals surface area (Å²) in [5.41, 5.74) is 1.97. The van der Waals surface area contributed by atoms with Crippen LogP contribution in [0.1, 0.15) is 16.1 Å². The Labute approximate surface area is 165 Å². The van der Waals surface area contributed by atoms with E-state index in [9.17, 15) is 4.79 Å². The number of nitrogens with zero attached hydrogens (tertiary/aromatic N) is 5. The lowest BCUT2D eigenvalue weighted by atomic mass is 10.0. The Bertz CT molecular complexity index is 934. The van der Waals surface area contributed by atoms with Gasteiger partial charge >= 0.3 is 0 Å². The molecular weight excluding hydrogens is 410 g/mol. The molecule has 0 spiro atoms. The van der Waals surface area contributed by atoms with Crippen LogP contribution in [0.25, 0.3) is 11.3 Å². The Morgan fingerprint density at radius 3 is 2.41 bits per heavy atom. The van der Waals surface area contributed by atoms with Gasteiger partial charge < -0.3 is 14.3 Å². The zero-order chi connectivity index (χ0) is 18.8. The van der Waals surface area contributed by atoms with Crippen molar-refractivity contribution in [2.24, 2.45) is 0 Å². The minimum absolute atomic E-state index is 0.0553. The van der Waals surface area contributed by atoms with Gasteiger partial charge in [-0.05, 0) is 25.1 Å². The Hall–Kier alpha value is -2.74. The average Bonchev–Trinajstić information content (AvgIpc) is 3.10. The highest BCUT2D eigenvalue weighted by molar-refractivity contribution is 9.10. The number of carbonyl (C=O) groups is 1. The summed E-state index contributed by atoms with van der Waals surface area (Å²) in [7, 11) is 0. The van der Waals surface area contributed by atoms with Crippen LogP contribution in [0.5, 0.6) is 0 Å². The minimum atomic E-state index is -0.0553. The van der Waals surface area contributed by atoms with Crippen LogP contribution in [0, 0.1) is 6.92 Å². The Kier molecular flexibility index (Phi) is 4.89. The summed E-state index contributed by atoms with van der Waals surface area (Å²) in [6.07, 6.45) is 3.45. The number of hydrogen-bond acceptors (Lipinski definition) is 6. The van der Waals surface area contributed by atoms with Crippen molar-refractivity contribution < 1.29 is 9.32 Å². The maximum absolute atomic E-state index is 13.2. The van der Waals surface area contributed by atoms with Gasteiger partial charge in [-0.25, -0.2) is 9.97 Å². The smallest absolute Gasteiger partial charge is 0.259 e. The molecular formula is C19H18BrN5O2. The molecule has 1 aliphatic heterocycles. The molecule has 27 heavy (non-hydrogen) atoms. The topological polar surface area (TPSA) is 75.4 Å². The fraction of sp³-hybridized carbons (Fsp3) is 0.263. The van der Waals surface area contributed by atoms with Crippen molar-refractivity contribution in [1.82, 2.24) is 20.0 Å². The number of carbonyl (C=O) groups excluding carboxylic acids is 1. The molecule has 0 saturated carbocycles. The maximum Gasteiger partial charge on any atom is 0.259 e. The monoisotopic (exact) mass is 427 g/mol. The van der Waals surface area contributed by atoms with Crippen LogP contribution in [-0.4, -0.2) is 52.1 Å². The van der Waals surface area contributed by atoms with Crippen LogP contribution in [0.2, 0.25) is 0 Å². The van der Waals surface area contributed by atoms with Crippen molar-refractivity contribution in [2.75, 3.05) is 31.1 Å². The first-order valence-electron chi connectivity index (χ1n) is 8.67. The third kappa shape index (κ3) is 3.57. The third-order valence-corrected chi connectivity index (χ3v) is 5.12. The molecule has 0 bridgehead atoms. The molecule has 0 unspecified atom stereocenters. The number of benzene rings is 1. The van der Waals surface area contributed by atoms with Crippen LogP contribution >= 0.6 is 15.9 Å². The summed E-state index contributed by atoms with van der Waals surface area (Å²) in [5, 5.41) is 4.13. The number of anilines is 1. The van der Waals surface area contributed by atoms with Gasteiger partial charge in [0, 0.05) is 48.6 Å². The van der Waals surface area contributed by atoms with E-state index in [1.165, 1.54) is 0 Å². The lowest BCUT2D eigenvalue weighted by Gasteiger charge is -2.34. The maximum atomic E-state index is 13.2. The molecule has 3 aromatic rings. The molecule has 7 nitrogen and oxygen atoms in total. The van der Waals surface area contributed by atoms with E-state index >= 15 is 0 Å². The highest BCUT2D eigenvalue weighted by Gasteiger charge is 2.29. The van der Waals surface area contributed by atoms with Crippen molar-refractivity contribution in [2.45, 2.75) is 6.92 Å². The predicted molar refractivity (Wildman–Crippen MR) is 105 cm³/mol. The summed E-state index contributed by atoms with van der Waals surface area (Å²) in [6.45, 7) is 4.35. The standard InChI is InChI=1S/C19H18BrN5O2/c1-13-16(17(23-27-13)14-3-5-15(20)6-4-14)18(26)24-9-11-25(12-10-24)19-21-7-2-8-22-19/h2-8H,9-12H2,1H3. The molecule has 1 fully saturated rings. The second kappa shape index (κ2) is 7.48. The normalized spacial score (nSPS) is 14.4. The van der Waals surface area contributed by atoms with Crippen molar-refractivity contribution in [3.8, 4) is 11.3 Å². The number of aryl methyl sites for hydroxylation is 1. The van der Waals surface area contributed by atoms with Gasteiger partial charge in [0.2, 0.25) is 5.95 Å². The predicted octanol–water partition coefficient (Wildman–Crippen LogP) is 3.16. The molecule has 1 aromatic carbocycles. The van der Waals surface area contributed by atoms with Gasteiger partial charge in [-0.15, -0.1) is 0 Å². The summed E-state index contributed by atoms with van der Waals surface area (Å²) in [6, 6.07) is 9.48. The molecule has 1 amide bonds. The van der Waals surface area contributed by atoms with Gasteiger partial charge in [0.25, 0.3) is 5.91 Å². The quantitative estimate of drug-likeness (QED) is 0.638. The largest absolute Gasteiger partial charge is 0.360 e. The van der Waals surface area contributed by atoms with E-state index in [2.05, 4.69) is 36.0 Å². The van der Waals surface area contributed by atoms with Gasteiger partial charge in [0.15, 0.2) is 0 Å². The first-order valence-corrected chi connectivity index (χ1v) is 9.46. The molecule has 2 aromatic heterocycles. The van der Waals surface area contributed by atoms with Crippen molar-refractivity contribution in [3.63, 3.8) is 0 Å². The van der Waals surface area contributed by atoms with E-state index in [1.807, 2.05) is 29.2 Å². The molecule has 4 rings (SSSR count). The van der Waals surface area contributed by atoms with E-state index in [0.29, 0.717) is 49.1 Å². The minimum Gasteiger partial charge on any atom is -0.360 e. The third-order valence-electron chi connectivity index (χ3n) is 4.60. The number of amides is 1. The Morgan fingerprint density at radius 2 is 1.74 bits per heavy atom. The fourth-order valence-electron chi connectivity index (χ4n) is 3.15. The Balaban J connectivity index is 1.53. The summed E-state index contributed by atoms with van der Waals surface area (Å²) in [5.74, 6) is 1.17. The summed E-state index contributed by atoms with van der Waals surface area (Å²) >= 11 is 3.42. The van der Waals surface area contributed by atoms with Gasteiger partial charge in [-0.1, -0.05) is 33.2 Å². The van der Waals surface area contributed by atoms with E-state index in [1.54, 1.807) is 25.4 Å². The molecule has 0 N–H and O–H groups in total. The van der Waals surface area contributed by atoms with Crippen LogP contribution < -0.4 is 4.90 Å². The van der Waals surface area contributed by atoms with Crippen LogP contribution in [0.3, 0.4) is 0 Å². The molecule has 0 aliphatic carbocycles.